The highest BCUT2D eigenvalue weighted by Crippen LogP contribution is 2.34. The zero-order chi connectivity index (χ0) is 20.5. The minimum Gasteiger partial charge on any atom is -0.497 e. The number of methoxy groups -OCH3 is 1. The van der Waals surface area contributed by atoms with Gasteiger partial charge in [-0.3, -0.25) is 4.79 Å². The van der Waals surface area contributed by atoms with Gasteiger partial charge in [0.15, 0.2) is 5.01 Å². The molecule has 3 heterocycles. The summed E-state index contributed by atoms with van der Waals surface area (Å²) in [4.78, 5) is 16.3. The molecule has 0 aliphatic carbocycles. The fourth-order valence-electron chi connectivity index (χ4n) is 3.12. The number of anilines is 1. The van der Waals surface area contributed by atoms with Crippen molar-refractivity contribution in [3.63, 3.8) is 0 Å². The van der Waals surface area contributed by atoms with E-state index in [1.54, 1.807) is 18.3 Å². The second-order valence-electron chi connectivity index (χ2n) is 6.26. The molecule has 1 aliphatic heterocycles. The van der Waals surface area contributed by atoms with E-state index in [2.05, 4.69) is 25.8 Å². The van der Waals surface area contributed by atoms with Crippen LogP contribution >= 0.6 is 22.9 Å². The highest BCUT2D eigenvalue weighted by atomic mass is 35.5. The largest absolute Gasteiger partial charge is 0.497 e. The molecule has 11 heteroatoms. The third-order valence-corrected chi connectivity index (χ3v) is 5.65. The molecular formula is C18H14ClF2N5O2S. The second-order valence-corrected chi connectivity index (χ2v) is 7.63. The van der Waals surface area contributed by atoms with E-state index in [4.69, 9.17) is 16.3 Å². The van der Waals surface area contributed by atoms with E-state index in [1.807, 2.05) is 0 Å². The Hall–Kier alpha value is -2.85. The lowest BCUT2D eigenvalue weighted by Crippen LogP contribution is -2.33. The van der Waals surface area contributed by atoms with Crippen molar-refractivity contribution >= 4 is 34.0 Å². The van der Waals surface area contributed by atoms with Gasteiger partial charge in [-0.15, -0.1) is 10.2 Å². The topological polar surface area (TPSA) is 89.0 Å². The smallest absolute Gasteiger partial charge is 0.243 e. The van der Waals surface area contributed by atoms with Gasteiger partial charge in [0.05, 0.1) is 7.11 Å². The van der Waals surface area contributed by atoms with Gasteiger partial charge >= 0.3 is 0 Å². The summed E-state index contributed by atoms with van der Waals surface area (Å²) in [5.74, 6) is -2.64. The number of nitrogens with one attached hydrogen (secondary N) is 2. The Bertz CT molecular complexity index is 1040. The molecule has 0 spiro atoms. The predicted molar refractivity (Wildman–Crippen MR) is 104 cm³/mol. The highest BCUT2D eigenvalue weighted by molar-refractivity contribution is 7.18. The molecule has 29 heavy (non-hydrogen) atoms. The van der Waals surface area contributed by atoms with Gasteiger partial charge in [0, 0.05) is 41.9 Å². The van der Waals surface area contributed by atoms with Crippen LogP contribution in [-0.4, -0.2) is 40.8 Å². The molecule has 1 fully saturated rings. The zero-order valence-electron chi connectivity index (χ0n) is 14.9. The standard InChI is InChI=1S/C18H14ClF2N5O2S/c1-28-9-4-11(20)14(12(21)5-9)10-7-23-16(27)15(10)24-18-26-25-17(29-18)8-2-3-13(19)22-6-8/h2-6,10,15H,7H2,1H3,(H,23,27)(H,24,26)/t10-,15-/m0/s1. The van der Waals surface area contributed by atoms with Crippen LogP contribution in [0.5, 0.6) is 5.75 Å². The number of ether oxygens (including phenoxy) is 1. The average molecular weight is 438 g/mol. The van der Waals surface area contributed by atoms with Crippen molar-refractivity contribution in [2.24, 2.45) is 0 Å². The third-order valence-electron chi connectivity index (χ3n) is 4.52. The maximum absolute atomic E-state index is 14.5. The fraction of sp³-hybridized carbons (Fsp3) is 0.222. The summed E-state index contributed by atoms with van der Waals surface area (Å²) < 4.78 is 33.9. The van der Waals surface area contributed by atoms with Gasteiger partial charge in [0.1, 0.15) is 28.6 Å². The fourth-order valence-corrected chi connectivity index (χ4v) is 4.01. The van der Waals surface area contributed by atoms with E-state index in [0.29, 0.717) is 20.9 Å². The van der Waals surface area contributed by atoms with Gasteiger partial charge in [-0.2, -0.15) is 0 Å². The van der Waals surface area contributed by atoms with Gasteiger partial charge < -0.3 is 15.4 Å². The number of halogens is 3. The van der Waals surface area contributed by atoms with Crippen LogP contribution in [0.1, 0.15) is 11.5 Å². The van der Waals surface area contributed by atoms with E-state index in [-0.39, 0.29) is 23.8 Å². The van der Waals surface area contributed by atoms with Crippen LogP contribution in [-0.2, 0) is 4.79 Å². The average Bonchev–Trinajstić information content (AvgIpc) is 3.30. The van der Waals surface area contributed by atoms with Gasteiger partial charge in [0.2, 0.25) is 11.0 Å². The van der Waals surface area contributed by atoms with Crippen LogP contribution in [0.2, 0.25) is 5.15 Å². The highest BCUT2D eigenvalue weighted by Gasteiger charge is 2.39. The summed E-state index contributed by atoms with van der Waals surface area (Å²) in [6, 6.07) is 4.65. The Morgan fingerprint density at radius 3 is 2.69 bits per heavy atom. The minimum absolute atomic E-state index is 0.0656. The van der Waals surface area contributed by atoms with Crippen molar-refractivity contribution in [1.29, 1.82) is 0 Å². The quantitative estimate of drug-likeness (QED) is 0.596. The van der Waals surface area contributed by atoms with Crippen LogP contribution < -0.4 is 15.4 Å². The third kappa shape index (κ3) is 3.85. The zero-order valence-corrected chi connectivity index (χ0v) is 16.5. The normalized spacial score (nSPS) is 18.6. The Balaban J connectivity index is 1.59. The molecule has 150 valence electrons. The molecule has 1 amide bonds. The molecule has 1 saturated heterocycles. The summed E-state index contributed by atoms with van der Waals surface area (Å²) in [5.41, 5.74) is 0.521. The number of carbonyl (C=O) groups excluding carboxylic acids is 1. The maximum atomic E-state index is 14.5. The van der Waals surface area contributed by atoms with Crippen molar-refractivity contribution in [2.45, 2.75) is 12.0 Å². The SMILES string of the molecule is COc1cc(F)c([C@@H]2CNC(=O)[C@H]2Nc2nnc(-c3ccc(Cl)nc3)s2)c(F)c1. The van der Waals surface area contributed by atoms with Crippen molar-refractivity contribution in [3.8, 4) is 16.3 Å². The molecule has 2 aromatic heterocycles. The van der Waals surface area contributed by atoms with Crippen LogP contribution in [0.3, 0.4) is 0 Å². The first-order valence-corrected chi connectivity index (χ1v) is 9.68. The lowest BCUT2D eigenvalue weighted by atomic mass is 9.93. The molecule has 1 aliphatic rings. The summed E-state index contributed by atoms with van der Waals surface area (Å²) in [6.07, 6.45) is 1.56. The van der Waals surface area contributed by atoms with E-state index in [0.717, 1.165) is 12.1 Å². The number of aromatic nitrogens is 3. The number of amides is 1. The number of hydrogen-bond acceptors (Lipinski definition) is 7. The molecule has 1 aromatic carbocycles. The first-order valence-electron chi connectivity index (χ1n) is 8.49. The molecule has 4 rings (SSSR count). The summed E-state index contributed by atoms with van der Waals surface area (Å²) in [6.45, 7) is 0.0867. The molecule has 2 N–H and O–H groups in total. The van der Waals surface area contributed by atoms with Crippen molar-refractivity contribution in [1.82, 2.24) is 20.5 Å². The Labute approximate surface area is 173 Å². The number of nitrogens with zero attached hydrogens (tertiary/aromatic N) is 3. The van der Waals surface area contributed by atoms with E-state index in [9.17, 15) is 13.6 Å². The Morgan fingerprint density at radius 1 is 1.28 bits per heavy atom. The van der Waals surface area contributed by atoms with E-state index in [1.165, 1.54) is 18.4 Å². The molecule has 7 nitrogen and oxygen atoms in total. The first-order chi connectivity index (χ1) is 14.0. The van der Waals surface area contributed by atoms with E-state index < -0.39 is 23.6 Å². The van der Waals surface area contributed by atoms with E-state index >= 15 is 0 Å². The lowest BCUT2D eigenvalue weighted by molar-refractivity contribution is -0.119. The molecule has 0 saturated carbocycles. The maximum Gasteiger partial charge on any atom is 0.243 e. The van der Waals surface area contributed by atoms with Gasteiger partial charge in [0.25, 0.3) is 0 Å². The van der Waals surface area contributed by atoms with Crippen molar-refractivity contribution in [3.05, 3.63) is 52.8 Å². The molecule has 0 unspecified atom stereocenters. The van der Waals surface area contributed by atoms with Gasteiger partial charge in [-0.1, -0.05) is 22.9 Å². The predicted octanol–water partition coefficient (Wildman–Crippen LogP) is 3.23. The summed E-state index contributed by atoms with van der Waals surface area (Å²) in [7, 11) is 1.32. The van der Waals surface area contributed by atoms with Gasteiger partial charge in [-0.05, 0) is 12.1 Å². The Kier molecular flexibility index (Phi) is 5.29. The number of rotatable bonds is 5. The lowest BCUT2D eigenvalue weighted by Gasteiger charge is -2.19. The minimum atomic E-state index is -0.906. The second kappa shape index (κ2) is 7.88. The molecule has 3 aromatic rings. The van der Waals surface area contributed by atoms with Crippen molar-refractivity contribution in [2.75, 3.05) is 19.0 Å². The van der Waals surface area contributed by atoms with Crippen LogP contribution in [0, 0.1) is 11.6 Å². The number of carbonyl (C=O) groups is 1. The van der Waals surface area contributed by atoms with Crippen LogP contribution in [0.15, 0.2) is 30.5 Å². The molecule has 0 radical (unpaired) electrons. The van der Waals surface area contributed by atoms with Crippen LogP contribution in [0.25, 0.3) is 10.6 Å². The number of pyridine rings is 1. The first kappa shape index (κ1) is 19.5. The molecule has 0 bridgehead atoms. The van der Waals surface area contributed by atoms with Gasteiger partial charge in [-0.25, -0.2) is 13.8 Å². The van der Waals surface area contributed by atoms with Crippen LogP contribution in [0.4, 0.5) is 13.9 Å². The molecule has 2 atom stereocenters. The number of benzene rings is 1. The summed E-state index contributed by atoms with van der Waals surface area (Å²) >= 11 is 6.97. The monoisotopic (exact) mass is 437 g/mol. The summed E-state index contributed by atoms with van der Waals surface area (Å²) in [5, 5.41) is 14.9. The number of hydrogen-bond donors (Lipinski definition) is 2. The molecular weight excluding hydrogens is 424 g/mol. The Morgan fingerprint density at radius 2 is 2.03 bits per heavy atom. The van der Waals surface area contributed by atoms with Crippen molar-refractivity contribution < 1.29 is 18.3 Å².